The number of ether oxygens (including phenoxy) is 2. The number of β-lactam (4-membered cyclic amide) rings is 1. The third-order valence-corrected chi connectivity index (χ3v) is 9.30. The van der Waals surface area contributed by atoms with Crippen molar-refractivity contribution in [2.75, 3.05) is 30.0 Å². The van der Waals surface area contributed by atoms with Crippen LogP contribution in [-0.2, 0) is 23.9 Å². The summed E-state index contributed by atoms with van der Waals surface area (Å²) in [5.74, 6) is -1.89. The van der Waals surface area contributed by atoms with Gasteiger partial charge in [-0.3, -0.25) is 14.5 Å². The summed E-state index contributed by atoms with van der Waals surface area (Å²) in [6, 6.07) is 6.28. The molecule has 3 amide bonds. The number of fused-ring (bicyclic) bond motifs is 1. The first-order valence-corrected chi connectivity index (χ1v) is 15.0. The van der Waals surface area contributed by atoms with Crippen molar-refractivity contribution in [1.82, 2.24) is 10.2 Å². The molecule has 9 nitrogen and oxygen atoms in total. The first kappa shape index (κ1) is 32.0. The molecule has 2 aliphatic rings. The number of anilines is 1. The number of halogens is 7. The second-order valence-electron chi connectivity index (χ2n) is 8.46. The number of hydrogen-bond donors (Lipinski definition) is 1. The molecule has 0 spiro atoms. The van der Waals surface area contributed by atoms with Gasteiger partial charge in [0.05, 0.1) is 4.75 Å². The van der Waals surface area contributed by atoms with Crippen LogP contribution in [0.4, 0.5) is 10.5 Å². The summed E-state index contributed by atoms with van der Waals surface area (Å²) in [6.07, 6.45) is -0.932. The summed E-state index contributed by atoms with van der Waals surface area (Å²) in [4.78, 5) is 53.9. The zero-order valence-corrected chi connectivity index (χ0v) is 26.3. The molecule has 2 saturated heterocycles. The lowest BCUT2D eigenvalue weighted by atomic mass is 9.96. The minimum absolute atomic E-state index is 0.329. The van der Waals surface area contributed by atoms with Crippen molar-refractivity contribution in [1.29, 1.82) is 0 Å². The van der Waals surface area contributed by atoms with Gasteiger partial charge in [-0.2, -0.15) is 0 Å². The predicted octanol–water partition coefficient (Wildman–Crippen LogP) is 4.84. The summed E-state index contributed by atoms with van der Waals surface area (Å²) in [7, 11) is 0. The summed E-state index contributed by atoms with van der Waals surface area (Å²) >= 11 is 38.7. The fraction of sp³-hybridized carbons (Fsp3) is 0.524. The molecule has 2 heterocycles. The molecule has 1 aromatic rings. The monoisotopic (exact) mass is 731 g/mol. The third-order valence-electron chi connectivity index (χ3n) is 5.46. The van der Waals surface area contributed by atoms with Crippen LogP contribution in [0.25, 0.3) is 0 Å². The maximum Gasteiger partial charge on any atom is 0.414 e. The Bertz CT molecular complexity index is 1080. The smallest absolute Gasteiger partial charge is 0.414 e. The lowest BCUT2D eigenvalue weighted by molar-refractivity contribution is -0.164. The van der Waals surface area contributed by atoms with E-state index in [0.717, 1.165) is 4.90 Å². The van der Waals surface area contributed by atoms with Gasteiger partial charge in [0.15, 0.2) is 0 Å². The van der Waals surface area contributed by atoms with Crippen molar-refractivity contribution in [2.24, 2.45) is 0 Å². The van der Waals surface area contributed by atoms with Gasteiger partial charge >= 0.3 is 12.1 Å². The largest absolute Gasteiger partial charge is 0.460 e. The van der Waals surface area contributed by atoms with E-state index in [1.807, 2.05) is 0 Å². The molecule has 17 heteroatoms. The minimum Gasteiger partial charge on any atom is -0.460 e. The number of esters is 1. The van der Waals surface area contributed by atoms with E-state index in [2.05, 4.69) is 21.2 Å². The van der Waals surface area contributed by atoms with Crippen LogP contribution in [0.1, 0.15) is 6.92 Å². The maximum absolute atomic E-state index is 13.0. The number of carbonyl (C=O) groups excluding carboxylic acids is 4. The SMILES string of the molecule is CC1(CBr)S[C@H]2C(NC(=O)CN(C(=O)OCC(Cl)(Cl)Cl)c3ccccc3)C(=O)N2C1C(=O)OCC(Cl)(Cl)Cl. The standard InChI is InChI=1S/C21H20BrCl6N3O6S/c1-19(8-22)14(17(34)36-9-20(23,24)25)31-15(33)13(16(31)38-19)29-12(32)7-30(11-5-3-2-4-6-11)18(35)37-10-21(26,27)28/h2-6,13-14,16H,7-10H2,1H3,(H,29,32)/t13?,14?,16-,19?/m0/s1. The molecule has 0 radical (unpaired) electrons. The van der Waals surface area contributed by atoms with Gasteiger partial charge in [-0.15, -0.1) is 11.8 Å². The van der Waals surface area contributed by atoms with Crippen LogP contribution in [0.2, 0.25) is 0 Å². The van der Waals surface area contributed by atoms with E-state index in [4.69, 9.17) is 79.1 Å². The molecule has 0 aliphatic carbocycles. The Hall–Kier alpha value is -0.530. The lowest BCUT2D eigenvalue weighted by Gasteiger charge is -2.44. The molecule has 0 aromatic heterocycles. The predicted molar refractivity (Wildman–Crippen MR) is 153 cm³/mol. The number of benzene rings is 1. The van der Waals surface area contributed by atoms with E-state index in [9.17, 15) is 19.2 Å². The lowest BCUT2D eigenvalue weighted by Crippen LogP contribution is -2.71. The molecule has 3 unspecified atom stereocenters. The zero-order chi connectivity index (χ0) is 28.5. The van der Waals surface area contributed by atoms with Gasteiger partial charge in [0, 0.05) is 11.0 Å². The first-order chi connectivity index (χ1) is 17.6. The first-order valence-electron chi connectivity index (χ1n) is 10.7. The van der Waals surface area contributed by atoms with Gasteiger partial charge in [0.1, 0.15) is 37.2 Å². The van der Waals surface area contributed by atoms with Crippen molar-refractivity contribution in [3.05, 3.63) is 30.3 Å². The van der Waals surface area contributed by atoms with Gasteiger partial charge in [0.25, 0.3) is 0 Å². The Labute approximate surface area is 261 Å². The Morgan fingerprint density at radius 2 is 1.66 bits per heavy atom. The van der Waals surface area contributed by atoms with Crippen LogP contribution in [0.15, 0.2) is 30.3 Å². The average Bonchev–Trinajstić information content (AvgIpc) is 3.12. The van der Waals surface area contributed by atoms with Crippen molar-refractivity contribution in [2.45, 2.75) is 36.7 Å². The van der Waals surface area contributed by atoms with E-state index < -0.39 is 73.4 Å². The second kappa shape index (κ2) is 12.5. The maximum atomic E-state index is 13.0. The highest BCUT2D eigenvalue weighted by atomic mass is 79.9. The van der Waals surface area contributed by atoms with E-state index >= 15 is 0 Å². The van der Waals surface area contributed by atoms with Crippen LogP contribution in [-0.4, -0.2) is 83.7 Å². The van der Waals surface area contributed by atoms with Crippen molar-refractivity contribution >= 4 is 127 Å². The van der Waals surface area contributed by atoms with Crippen molar-refractivity contribution < 1.29 is 28.7 Å². The topological polar surface area (TPSA) is 105 Å². The van der Waals surface area contributed by atoms with E-state index in [1.165, 1.54) is 16.7 Å². The number of carbonyl (C=O) groups is 4. The van der Waals surface area contributed by atoms with Gasteiger partial charge in [-0.05, 0) is 19.1 Å². The Morgan fingerprint density at radius 3 is 2.21 bits per heavy atom. The number of hydrogen-bond acceptors (Lipinski definition) is 7. The molecule has 4 atom stereocenters. The average molecular weight is 735 g/mol. The Morgan fingerprint density at radius 1 is 1.08 bits per heavy atom. The van der Waals surface area contributed by atoms with Crippen LogP contribution in [0.5, 0.6) is 0 Å². The van der Waals surface area contributed by atoms with Gasteiger partial charge < -0.3 is 19.7 Å². The highest BCUT2D eigenvalue weighted by molar-refractivity contribution is 9.09. The molecule has 0 saturated carbocycles. The number of nitrogens with zero attached hydrogens (tertiary/aromatic N) is 2. The summed E-state index contributed by atoms with van der Waals surface area (Å²) in [5.41, 5.74) is 0.345. The van der Waals surface area contributed by atoms with Crippen molar-refractivity contribution in [3.63, 3.8) is 0 Å². The van der Waals surface area contributed by atoms with Crippen molar-refractivity contribution in [3.8, 4) is 0 Å². The number of nitrogens with one attached hydrogen (secondary N) is 1. The number of rotatable bonds is 8. The Kier molecular flexibility index (Phi) is 10.6. The molecule has 0 bridgehead atoms. The molecule has 3 rings (SSSR count). The second-order valence-corrected chi connectivity index (χ2v) is 15.7. The minimum atomic E-state index is -1.85. The third kappa shape index (κ3) is 7.81. The number of thioether (sulfide) groups is 1. The molecule has 2 aliphatic heterocycles. The van der Waals surface area contributed by atoms with Crippen LogP contribution < -0.4 is 10.2 Å². The summed E-state index contributed by atoms with van der Waals surface area (Å²) < 4.78 is 5.73. The molecule has 1 N–H and O–H groups in total. The molecule has 1 aromatic carbocycles. The highest BCUT2D eigenvalue weighted by Crippen LogP contribution is 2.52. The number of para-hydroxylation sites is 1. The highest BCUT2D eigenvalue weighted by Gasteiger charge is 2.65. The van der Waals surface area contributed by atoms with Crippen LogP contribution in [0, 0.1) is 0 Å². The molecule has 2 fully saturated rings. The summed E-state index contributed by atoms with van der Waals surface area (Å²) in [5, 5.41) is 2.39. The molecule has 38 heavy (non-hydrogen) atoms. The van der Waals surface area contributed by atoms with Gasteiger partial charge in [0.2, 0.25) is 19.4 Å². The van der Waals surface area contributed by atoms with E-state index in [0.29, 0.717) is 11.0 Å². The zero-order valence-electron chi connectivity index (χ0n) is 19.3. The number of amides is 3. The molecular formula is C21H20BrCl6N3O6S. The fourth-order valence-electron chi connectivity index (χ4n) is 3.81. The quantitative estimate of drug-likeness (QED) is 0.232. The van der Waals surface area contributed by atoms with Gasteiger partial charge in [-0.25, -0.2) is 9.59 Å². The van der Waals surface area contributed by atoms with Gasteiger partial charge in [-0.1, -0.05) is 104 Å². The normalized spacial score (nSPS) is 24.8. The molecular weight excluding hydrogens is 715 g/mol. The number of alkyl halides is 7. The van der Waals surface area contributed by atoms with Crippen LogP contribution >= 0.6 is 97.3 Å². The Balaban J connectivity index is 1.70. The molecule has 210 valence electrons. The van der Waals surface area contributed by atoms with E-state index in [1.54, 1.807) is 37.3 Å². The van der Waals surface area contributed by atoms with E-state index in [-0.39, 0.29) is 0 Å². The fourth-order valence-corrected chi connectivity index (χ4v) is 6.45. The summed E-state index contributed by atoms with van der Waals surface area (Å²) in [6.45, 7) is 0.244. The van der Waals surface area contributed by atoms with Crippen LogP contribution in [0.3, 0.4) is 0 Å².